The monoisotopic (exact) mass is 156 g/mol. The van der Waals surface area contributed by atoms with E-state index in [1.807, 2.05) is 0 Å². The molecule has 0 aromatic rings. The van der Waals surface area contributed by atoms with Gasteiger partial charge in [-0.25, -0.2) is 0 Å². The molecule has 2 fully saturated rings. The Labute approximate surface area is 65.7 Å². The fourth-order valence-corrected chi connectivity index (χ4v) is 0.865. The van der Waals surface area contributed by atoms with Gasteiger partial charge >= 0.3 is 5.97 Å². The van der Waals surface area contributed by atoms with Crippen LogP contribution < -0.4 is 0 Å². The number of hydroxylamine groups is 2. The first kappa shape index (κ1) is 7.06. The van der Waals surface area contributed by atoms with Crippen LogP contribution in [-0.4, -0.2) is 48.7 Å². The van der Waals surface area contributed by atoms with Gasteiger partial charge in [0.05, 0.1) is 19.5 Å². The summed E-state index contributed by atoms with van der Waals surface area (Å²) in [6, 6.07) is 0. The SMILES string of the molecule is O=C(CCN1CC1)ON1CC1. The molecule has 0 atom stereocenters. The Balaban J connectivity index is 1.56. The molecule has 11 heavy (non-hydrogen) atoms. The fourth-order valence-electron chi connectivity index (χ4n) is 0.865. The molecule has 0 radical (unpaired) electrons. The van der Waals surface area contributed by atoms with Crippen molar-refractivity contribution in [2.24, 2.45) is 0 Å². The maximum absolute atomic E-state index is 10.9. The Morgan fingerprint density at radius 3 is 2.55 bits per heavy atom. The van der Waals surface area contributed by atoms with Crippen molar-refractivity contribution < 1.29 is 9.63 Å². The van der Waals surface area contributed by atoms with Crippen LogP contribution in [0.3, 0.4) is 0 Å². The number of rotatable bonds is 4. The van der Waals surface area contributed by atoms with Crippen molar-refractivity contribution >= 4 is 5.97 Å². The van der Waals surface area contributed by atoms with Crippen molar-refractivity contribution in [1.29, 1.82) is 0 Å². The Kier molecular flexibility index (Phi) is 1.79. The molecule has 0 amide bonds. The summed E-state index contributed by atoms with van der Waals surface area (Å²) >= 11 is 0. The third-order valence-electron chi connectivity index (χ3n) is 1.81. The zero-order valence-electron chi connectivity index (χ0n) is 6.45. The number of carbonyl (C=O) groups is 1. The van der Waals surface area contributed by atoms with E-state index in [-0.39, 0.29) is 5.97 Å². The van der Waals surface area contributed by atoms with E-state index in [0.29, 0.717) is 6.42 Å². The van der Waals surface area contributed by atoms with Crippen LogP contribution >= 0.6 is 0 Å². The zero-order chi connectivity index (χ0) is 7.68. The van der Waals surface area contributed by atoms with Gasteiger partial charge in [-0.1, -0.05) is 0 Å². The van der Waals surface area contributed by atoms with E-state index in [1.54, 1.807) is 5.06 Å². The summed E-state index contributed by atoms with van der Waals surface area (Å²) in [7, 11) is 0. The van der Waals surface area contributed by atoms with Crippen molar-refractivity contribution in [3.05, 3.63) is 0 Å². The molecule has 2 aliphatic heterocycles. The lowest BCUT2D eigenvalue weighted by Crippen LogP contribution is -2.13. The zero-order valence-corrected chi connectivity index (χ0v) is 6.45. The molecular formula is C7H12N2O2. The number of hydrogen-bond donors (Lipinski definition) is 0. The molecule has 2 rings (SSSR count). The van der Waals surface area contributed by atoms with Crippen LogP contribution in [0.1, 0.15) is 6.42 Å². The molecule has 0 aromatic heterocycles. The molecule has 2 aliphatic rings. The van der Waals surface area contributed by atoms with Crippen LogP contribution in [0, 0.1) is 0 Å². The second-order valence-corrected chi connectivity index (χ2v) is 2.98. The van der Waals surface area contributed by atoms with Gasteiger partial charge in [-0.15, -0.1) is 5.06 Å². The van der Waals surface area contributed by atoms with Crippen LogP contribution in [-0.2, 0) is 9.63 Å². The predicted molar refractivity (Wildman–Crippen MR) is 38.7 cm³/mol. The molecule has 0 saturated carbocycles. The maximum atomic E-state index is 10.9. The van der Waals surface area contributed by atoms with E-state index >= 15 is 0 Å². The molecule has 62 valence electrons. The Hall–Kier alpha value is -0.610. The lowest BCUT2D eigenvalue weighted by molar-refractivity contribution is -0.166. The lowest BCUT2D eigenvalue weighted by atomic mass is 10.4. The molecule has 0 N–H and O–H groups in total. The van der Waals surface area contributed by atoms with Crippen LogP contribution in [0.15, 0.2) is 0 Å². The summed E-state index contributed by atoms with van der Waals surface area (Å²) < 4.78 is 0. The number of hydrogen-bond acceptors (Lipinski definition) is 4. The Bertz CT molecular complexity index is 164. The Morgan fingerprint density at radius 1 is 1.27 bits per heavy atom. The topological polar surface area (TPSA) is 32.3 Å². The maximum Gasteiger partial charge on any atom is 0.326 e. The van der Waals surface area contributed by atoms with Crippen molar-refractivity contribution in [2.45, 2.75) is 6.42 Å². The second kappa shape index (κ2) is 2.79. The minimum absolute atomic E-state index is 0.0885. The van der Waals surface area contributed by atoms with Crippen molar-refractivity contribution in [2.75, 3.05) is 32.7 Å². The van der Waals surface area contributed by atoms with Gasteiger partial charge < -0.3 is 9.74 Å². The van der Waals surface area contributed by atoms with Crippen molar-refractivity contribution in [1.82, 2.24) is 9.96 Å². The van der Waals surface area contributed by atoms with Crippen LogP contribution in [0.25, 0.3) is 0 Å². The summed E-state index contributed by atoms with van der Waals surface area (Å²) in [6.45, 7) is 4.99. The predicted octanol–water partition coefficient (Wildman–Crippen LogP) is -0.534. The summed E-state index contributed by atoms with van der Waals surface area (Å²) in [5.41, 5.74) is 0. The smallest absolute Gasteiger partial charge is 0.326 e. The first-order valence-electron chi connectivity index (χ1n) is 4.03. The molecule has 0 aromatic carbocycles. The van der Waals surface area contributed by atoms with E-state index in [0.717, 1.165) is 32.7 Å². The molecule has 0 aliphatic carbocycles. The molecule has 4 nitrogen and oxygen atoms in total. The summed E-state index contributed by atoms with van der Waals surface area (Å²) in [6.07, 6.45) is 0.538. The van der Waals surface area contributed by atoms with Gasteiger partial charge in [-0.2, -0.15) is 0 Å². The Morgan fingerprint density at radius 2 is 2.00 bits per heavy atom. The minimum atomic E-state index is -0.0885. The van der Waals surface area contributed by atoms with E-state index in [1.165, 1.54) is 0 Å². The van der Waals surface area contributed by atoms with E-state index in [4.69, 9.17) is 4.84 Å². The van der Waals surface area contributed by atoms with Gasteiger partial charge in [0.1, 0.15) is 0 Å². The third-order valence-corrected chi connectivity index (χ3v) is 1.81. The van der Waals surface area contributed by atoms with Crippen molar-refractivity contribution in [3.8, 4) is 0 Å². The number of carbonyl (C=O) groups excluding carboxylic acids is 1. The van der Waals surface area contributed by atoms with Gasteiger partial charge in [-0.05, 0) is 0 Å². The normalized spacial score (nSPS) is 23.3. The molecule has 0 bridgehead atoms. The molecule has 4 heteroatoms. The molecule has 2 heterocycles. The van der Waals surface area contributed by atoms with E-state index in [2.05, 4.69) is 4.90 Å². The van der Waals surface area contributed by atoms with Crippen molar-refractivity contribution in [3.63, 3.8) is 0 Å². The first-order valence-corrected chi connectivity index (χ1v) is 4.03. The lowest BCUT2D eigenvalue weighted by Gasteiger charge is -2.02. The summed E-state index contributed by atoms with van der Waals surface area (Å²) in [5.74, 6) is -0.0885. The third kappa shape index (κ3) is 2.48. The van der Waals surface area contributed by atoms with Crippen LogP contribution in [0.2, 0.25) is 0 Å². The van der Waals surface area contributed by atoms with Crippen LogP contribution in [0.4, 0.5) is 0 Å². The quantitative estimate of drug-likeness (QED) is 0.512. The molecule has 0 unspecified atom stereocenters. The molecular weight excluding hydrogens is 144 g/mol. The highest BCUT2D eigenvalue weighted by atomic mass is 16.7. The summed E-state index contributed by atoms with van der Waals surface area (Å²) in [5, 5.41) is 1.67. The van der Waals surface area contributed by atoms with E-state index < -0.39 is 0 Å². The highest BCUT2D eigenvalue weighted by Crippen LogP contribution is 2.08. The van der Waals surface area contributed by atoms with Gasteiger partial charge in [0.2, 0.25) is 0 Å². The second-order valence-electron chi connectivity index (χ2n) is 2.98. The van der Waals surface area contributed by atoms with Gasteiger partial charge in [0.25, 0.3) is 0 Å². The standard InChI is InChI=1S/C7H12N2O2/c10-7(11-9-5-6-9)1-2-8-3-4-8/h1-6H2. The molecule has 0 spiro atoms. The first-order chi connectivity index (χ1) is 5.34. The summed E-state index contributed by atoms with van der Waals surface area (Å²) in [4.78, 5) is 18.1. The number of nitrogens with zero attached hydrogens (tertiary/aromatic N) is 2. The average Bonchev–Trinajstić information content (AvgIpc) is 2.80. The average molecular weight is 156 g/mol. The highest BCUT2D eigenvalue weighted by molar-refractivity contribution is 5.69. The van der Waals surface area contributed by atoms with Gasteiger partial charge in [-0.3, -0.25) is 4.79 Å². The largest absolute Gasteiger partial charge is 0.368 e. The fraction of sp³-hybridized carbons (Fsp3) is 0.857. The van der Waals surface area contributed by atoms with E-state index in [9.17, 15) is 4.79 Å². The highest BCUT2D eigenvalue weighted by Gasteiger charge is 2.24. The van der Waals surface area contributed by atoms with Gasteiger partial charge in [0.15, 0.2) is 0 Å². The van der Waals surface area contributed by atoms with Crippen LogP contribution in [0.5, 0.6) is 0 Å². The molecule has 2 saturated heterocycles. The minimum Gasteiger partial charge on any atom is -0.368 e. The van der Waals surface area contributed by atoms with Gasteiger partial charge in [0, 0.05) is 19.6 Å².